The maximum atomic E-state index is 14.1. The van der Waals surface area contributed by atoms with Crippen LogP contribution in [0.15, 0.2) is 42.6 Å². The summed E-state index contributed by atoms with van der Waals surface area (Å²) in [6, 6.07) is 10.3. The van der Waals surface area contributed by atoms with E-state index in [-0.39, 0.29) is 11.8 Å². The smallest absolute Gasteiger partial charge is 0.229 e. The number of rotatable bonds is 7. The highest BCUT2D eigenvalue weighted by Crippen LogP contribution is 2.40. The third-order valence-corrected chi connectivity index (χ3v) is 3.81. The Hall–Kier alpha value is -3.75. The van der Waals surface area contributed by atoms with Gasteiger partial charge in [-0.1, -0.05) is 6.07 Å². The van der Waals surface area contributed by atoms with Crippen molar-refractivity contribution in [1.82, 2.24) is 9.97 Å². The first-order valence-corrected chi connectivity index (χ1v) is 8.26. The predicted molar refractivity (Wildman–Crippen MR) is 106 cm³/mol. The van der Waals surface area contributed by atoms with Crippen LogP contribution in [0.3, 0.4) is 0 Å². The summed E-state index contributed by atoms with van der Waals surface area (Å²) in [6.45, 7) is 0. The van der Waals surface area contributed by atoms with Gasteiger partial charge in [-0.2, -0.15) is 4.98 Å². The molecule has 3 rings (SSSR count). The lowest BCUT2D eigenvalue weighted by atomic mass is 10.2. The molecule has 0 saturated heterocycles. The van der Waals surface area contributed by atoms with Crippen molar-refractivity contribution in [1.29, 1.82) is 0 Å². The highest BCUT2D eigenvalue weighted by molar-refractivity contribution is 5.67. The molecule has 2 aromatic carbocycles. The number of anilines is 5. The summed E-state index contributed by atoms with van der Waals surface area (Å²) in [6.07, 6.45) is 1.07. The summed E-state index contributed by atoms with van der Waals surface area (Å²) in [5, 5.41) is 5.89. The minimum atomic E-state index is -0.599. The van der Waals surface area contributed by atoms with E-state index in [1.54, 1.807) is 36.4 Å². The second-order valence-corrected chi connectivity index (χ2v) is 5.68. The molecule has 1 aromatic heterocycles. The van der Waals surface area contributed by atoms with E-state index < -0.39 is 5.82 Å². The molecule has 8 nitrogen and oxygen atoms in total. The lowest BCUT2D eigenvalue weighted by Crippen LogP contribution is -2.04. The van der Waals surface area contributed by atoms with Crippen molar-refractivity contribution in [3.05, 3.63) is 48.4 Å². The maximum absolute atomic E-state index is 14.1. The van der Waals surface area contributed by atoms with E-state index in [0.29, 0.717) is 34.3 Å². The molecule has 0 bridgehead atoms. The fourth-order valence-electron chi connectivity index (χ4n) is 2.55. The largest absolute Gasteiger partial charge is 0.493 e. The SMILES string of the molecule is COc1cc(Nc2ncc(F)c(Nc3cccc(N)c3)n2)cc(OC)c1OC. The molecule has 1 heterocycles. The lowest BCUT2D eigenvalue weighted by molar-refractivity contribution is 0.324. The van der Waals surface area contributed by atoms with Crippen LogP contribution in [0.2, 0.25) is 0 Å². The topological polar surface area (TPSA) is 104 Å². The van der Waals surface area contributed by atoms with Crippen LogP contribution in [0.25, 0.3) is 0 Å². The molecule has 0 amide bonds. The van der Waals surface area contributed by atoms with E-state index in [4.69, 9.17) is 19.9 Å². The molecule has 0 saturated carbocycles. The molecule has 0 unspecified atom stereocenters. The van der Waals surface area contributed by atoms with Gasteiger partial charge < -0.3 is 30.6 Å². The fraction of sp³-hybridized carbons (Fsp3) is 0.158. The Bertz CT molecular complexity index is 959. The third kappa shape index (κ3) is 4.14. The first kappa shape index (κ1) is 19.0. The molecule has 3 aromatic rings. The van der Waals surface area contributed by atoms with Gasteiger partial charge in [-0.15, -0.1) is 0 Å². The minimum absolute atomic E-state index is 0.00976. The second kappa shape index (κ2) is 8.30. The second-order valence-electron chi connectivity index (χ2n) is 5.68. The Kier molecular flexibility index (Phi) is 5.64. The van der Waals surface area contributed by atoms with Crippen molar-refractivity contribution in [2.75, 3.05) is 37.7 Å². The fourth-order valence-corrected chi connectivity index (χ4v) is 2.55. The van der Waals surface area contributed by atoms with Gasteiger partial charge in [0.15, 0.2) is 23.1 Å². The van der Waals surface area contributed by atoms with Gasteiger partial charge in [-0.3, -0.25) is 0 Å². The average Bonchev–Trinajstić information content (AvgIpc) is 2.69. The number of benzene rings is 2. The molecule has 0 atom stereocenters. The zero-order chi connectivity index (χ0) is 20.1. The summed E-state index contributed by atoms with van der Waals surface area (Å²) >= 11 is 0. The van der Waals surface area contributed by atoms with Gasteiger partial charge in [0, 0.05) is 29.2 Å². The molecule has 0 aliphatic rings. The van der Waals surface area contributed by atoms with Gasteiger partial charge in [0.1, 0.15) is 0 Å². The van der Waals surface area contributed by atoms with Crippen molar-refractivity contribution >= 4 is 28.8 Å². The Balaban J connectivity index is 1.89. The lowest BCUT2D eigenvalue weighted by Gasteiger charge is -2.15. The predicted octanol–water partition coefficient (Wildman–Crippen LogP) is 3.71. The van der Waals surface area contributed by atoms with Crippen LogP contribution < -0.4 is 30.6 Å². The van der Waals surface area contributed by atoms with Gasteiger partial charge in [-0.25, -0.2) is 9.37 Å². The van der Waals surface area contributed by atoms with Crippen molar-refractivity contribution in [2.24, 2.45) is 0 Å². The summed E-state index contributed by atoms with van der Waals surface area (Å²) in [7, 11) is 4.55. The van der Waals surface area contributed by atoms with Gasteiger partial charge in [0.2, 0.25) is 11.7 Å². The van der Waals surface area contributed by atoms with Crippen LogP contribution in [-0.4, -0.2) is 31.3 Å². The molecule has 28 heavy (non-hydrogen) atoms. The standard InChI is InChI=1S/C19H20FN5O3/c1-26-15-8-13(9-16(27-2)17(15)28-3)24-19-22-10-14(20)18(25-19)23-12-6-4-5-11(21)7-12/h4-10H,21H2,1-3H3,(H2,22,23,24,25). The Morgan fingerprint density at radius 3 is 2.25 bits per heavy atom. The minimum Gasteiger partial charge on any atom is -0.493 e. The number of aromatic nitrogens is 2. The van der Waals surface area contributed by atoms with Crippen molar-refractivity contribution in [2.45, 2.75) is 0 Å². The van der Waals surface area contributed by atoms with Gasteiger partial charge >= 0.3 is 0 Å². The number of nitrogens with zero attached hydrogens (tertiary/aromatic N) is 2. The number of methoxy groups -OCH3 is 3. The highest BCUT2D eigenvalue weighted by Gasteiger charge is 2.14. The van der Waals surface area contributed by atoms with Crippen LogP contribution in [-0.2, 0) is 0 Å². The van der Waals surface area contributed by atoms with Gasteiger partial charge in [0.25, 0.3) is 0 Å². The zero-order valence-corrected chi connectivity index (χ0v) is 15.6. The molecule has 146 valence electrons. The van der Waals surface area contributed by atoms with Crippen LogP contribution in [0.5, 0.6) is 17.2 Å². The third-order valence-electron chi connectivity index (χ3n) is 3.81. The number of ether oxygens (including phenoxy) is 3. The van der Waals surface area contributed by atoms with Crippen LogP contribution in [0.4, 0.5) is 33.2 Å². The Morgan fingerprint density at radius 1 is 0.929 bits per heavy atom. The molecule has 9 heteroatoms. The van der Waals surface area contributed by atoms with E-state index in [0.717, 1.165) is 6.20 Å². The first-order chi connectivity index (χ1) is 13.5. The summed E-state index contributed by atoms with van der Waals surface area (Å²) in [5.41, 5.74) is 7.49. The van der Waals surface area contributed by atoms with Gasteiger partial charge in [-0.05, 0) is 18.2 Å². The maximum Gasteiger partial charge on any atom is 0.229 e. The number of nitrogens with two attached hydrogens (primary N) is 1. The molecular formula is C19H20FN5O3. The number of nitrogens with one attached hydrogen (secondary N) is 2. The van der Waals surface area contributed by atoms with Crippen molar-refractivity contribution < 1.29 is 18.6 Å². The Morgan fingerprint density at radius 2 is 1.64 bits per heavy atom. The molecule has 0 fully saturated rings. The molecule has 0 spiro atoms. The summed E-state index contributed by atoms with van der Waals surface area (Å²) < 4.78 is 30.1. The number of nitrogen functional groups attached to an aromatic ring is 1. The quantitative estimate of drug-likeness (QED) is 0.529. The molecule has 0 aliphatic carbocycles. The number of hydrogen-bond acceptors (Lipinski definition) is 8. The van der Waals surface area contributed by atoms with Crippen LogP contribution >= 0.6 is 0 Å². The highest BCUT2D eigenvalue weighted by atomic mass is 19.1. The molecule has 4 N–H and O–H groups in total. The van der Waals surface area contributed by atoms with Crippen molar-refractivity contribution in [3.63, 3.8) is 0 Å². The van der Waals surface area contributed by atoms with E-state index in [9.17, 15) is 4.39 Å². The monoisotopic (exact) mass is 385 g/mol. The number of halogens is 1. The molecule has 0 aliphatic heterocycles. The molecule has 0 radical (unpaired) electrons. The first-order valence-electron chi connectivity index (χ1n) is 8.26. The number of hydrogen-bond donors (Lipinski definition) is 3. The van der Waals surface area contributed by atoms with E-state index in [1.807, 2.05) is 0 Å². The molecular weight excluding hydrogens is 365 g/mol. The zero-order valence-electron chi connectivity index (χ0n) is 15.6. The summed E-state index contributed by atoms with van der Waals surface area (Å²) in [5.74, 6) is 0.976. The van der Waals surface area contributed by atoms with Crippen LogP contribution in [0, 0.1) is 5.82 Å². The average molecular weight is 385 g/mol. The normalized spacial score (nSPS) is 10.3. The Labute approximate surface area is 161 Å². The van der Waals surface area contributed by atoms with Crippen molar-refractivity contribution in [3.8, 4) is 17.2 Å². The summed E-state index contributed by atoms with van der Waals surface area (Å²) in [4.78, 5) is 8.16. The van der Waals surface area contributed by atoms with E-state index in [2.05, 4.69) is 20.6 Å². The van der Waals surface area contributed by atoms with Crippen LogP contribution in [0.1, 0.15) is 0 Å². The van der Waals surface area contributed by atoms with Gasteiger partial charge in [0.05, 0.1) is 27.5 Å². The van der Waals surface area contributed by atoms with E-state index in [1.165, 1.54) is 21.3 Å². The van der Waals surface area contributed by atoms with E-state index >= 15 is 0 Å².